The predicted octanol–water partition coefficient (Wildman–Crippen LogP) is 3.48. The number of nitrogens with zero attached hydrogens (tertiary/aromatic N) is 1. The minimum atomic E-state index is -0.614. The van der Waals surface area contributed by atoms with E-state index < -0.39 is 6.04 Å². The summed E-state index contributed by atoms with van der Waals surface area (Å²) >= 11 is 0. The zero-order chi connectivity index (χ0) is 15.1. The lowest BCUT2D eigenvalue weighted by Crippen LogP contribution is -2.19. The Bertz CT molecular complexity index is 889. The van der Waals surface area contributed by atoms with Gasteiger partial charge in [0.05, 0.1) is 5.52 Å². The number of carbonyl (C=O) groups excluding carboxylic acids is 1. The average Bonchev–Trinajstić information content (AvgIpc) is 2.83. The molecule has 0 saturated heterocycles. The van der Waals surface area contributed by atoms with E-state index in [-0.39, 0.29) is 11.7 Å². The van der Waals surface area contributed by atoms with E-state index in [0.717, 1.165) is 16.6 Å². The van der Waals surface area contributed by atoms with E-state index in [1.54, 1.807) is 12.3 Å². The minimum Gasteiger partial charge on any atom is -0.369 e. The molecule has 4 rings (SSSR count). The van der Waals surface area contributed by atoms with Crippen LogP contribution in [0.15, 0.2) is 54.7 Å². The summed E-state index contributed by atoms with van der Waals surface area (Å²) < 4.78 is 13.5. The molecular formula is C17H12FN3O. The molecule has 0 aliphatic carbocycles. The van der Waals surface area contributed by atoms with Gasteiger partial charge >= 0.3 is 0 Å². The molecule has 3 aromatic rings. The molecule has 0 spiro atoms. The first-order chi connectivity index (χ1) is 10.7. The number of hydrogen-bond acceptors (Lipinski definition) is 3. The van der Waals surface area contributed by atoms with E-state index in [4.69, 9.17) is 0 Å². The lowest BCUT2D eigenvalue weighted by Gasteiger charge is -2.15. The third kappa shape index (κ3) is 1.98. The van der Waals surface area contributed by atoms with Crippen molar-refractivity contribution in [1.29, 1.82) is 0 Å². The molecule has 4 nitrogen and oxygen atoms in total. The second-order valence-electron chi connectivity index (χ2n) is 5.17. The number of rotatable bonds is 2. The van der Waals surface area contributed by atoms with Crippen molar-refractivity contribution in [2.45, 2.75) is 6.04 Å². The number of amides is 1. The number of pyridine rings is 1. The molecule has 22 heavy (non-hydrogen) atoms. The second-order valence-corrected chi connectivity index (χ2v) is 5.17. The number of halogens is 1. The molecule has 1 amide bonds. The molecular weight excluding hydrogens is 281 g/mol. The number of anilines is 2. The summed E-state index contributed by atoms with van der Waals surface area (Å²) in [5.41, 5.74) is 2.89. The highest BCUT2D eigenvalue weighted by Gasteiger charge is 2.31. The average molecular weight is 293 g/mol. The van der Waals surface area contributed by atoms with Gasteiger partial charge in [0.15, 0.2) is 0 Å². The van der Waals surface area contributed by atoms with E-state index in [1.165, 1.54) is 12.1 Å². The maximum atomic E-state index is 13.5. The fourth-order valence-corrected chi connectivity index (χ4v) is 2.76. The van der Waals surface area contributed by atoms with Crippen LogP contribution in [-0.4, -0.2) is 10.9 Å². The standard InChI is InChI=1S/C17H12FN3O/c18-10-6-7-15-12(9-10)16(17(22)21-15)20-14-5-1-4-13-11(14)3-2-8-19-13/h1-9,16,20H,(H,21,22). The first kappa shape index (κ1) is 12.8. The Labute approximate surface area is 126 Å². The van der Waals surface area contributed by atoms with Gasteiger partial charge in [-0.25, -0.2) is 4.39 Å². The zero-order valence-corrected chi connectivity index (χ0v) is 11.5. The number of aromatic nitrogens is 1. The maximum Gasteiger partial charge on any atom is 0.251 e. The number of fused-ring (bicyclic) bond motifs is 2. The Morgan fingerprint density at radius 1 is 1.14 bits per heavy atom. The van der Waals surface area contributed by atoms with Gasteiger partial charge in [-0.3, -0.25) is 9.78 Å². The molecule has 1 unspecified atom stereocenters. The van der Waals surface area contributed by atoms with Crippen molar-refractivity contribution in [3.05, 3.63) is 66.1 Å². The monoisotopic (exact) mass is 293 g/mol. The van der Waals surface area contributed by atoms with Crippen LogP contribution in [0.1, 0.15) is 11.6 Å². The summed E-state index contributed by atoms with van der Waals surface area (Å²) in [6, 6.07) is 13.1. The molecule has 5 heteroatoms. The molecule has 0 fully saturated rings. The Morgan fingerprint density at radius 3 is 2.95 bits per heavy atom. The SMILES string of the molecule is O=C1Nc2ccc(F)cc2C1Nc1cccc2ncccc12. The number of nitrogens with one attached hydrogen (secondary N) is 2. The van der Waals surface area contributed by atoms with Gasteiger partial charge in [0, 0.05) is 28.5 Å². The smallest absolute Gasteiger partial charge is 0.251 e. The summed E-state index contributed by atoms with van der Waals surface area (Å²) in [4.78, 5) is 16.5. The highest BCUT2D eigenvalue weighted by molar-refractivity contribution is 6.05. The predicted molar refractivity (Wildman–Crippen MR) is 83.1 cm³/mol. The fraction of sp³-hybridized carbons (Fsp3) is 0.0588. The van der Waals surface area contributed by atoms with Crippen LogP contribution in [0, 0.1) is 5.82 Å². The molecule has 1 atom stereocenters. The van der Waals surface area contributed by atoms with Crippen molar-refractivity contribution in [3.8, 4) is 0 Å². The van der Waals surface area contributed by atoms with Gasteiger partial charge in [0.25, 0.3) is 5.91 Å². The van der Waals surface area contributed by atoms with Crippen molar-refractivity contribution in [2.75, 3.05) is 10.6 Å². The van der Waals surface area contributed by atoms with E-state index >= 15 is 0 Å². The van der Waals surface area contributed by atoms with E-state index in [0.29, 0.717) is 11.3 Å². The number of hydrogen-bond donors (Lipinski definition) is 2. The Morgan fingerprint density at radius 2 is 2.05 bits per heavy atom. The fourth-order valence-electron chi connectivity index (χ4n) is 2.76. The first-order valence-corrected chi connectivity index (χ1v) is 6.93. The first-order valence-electron chi connectivity index (χ1n) is 6.93. The van der Waals surface area contributed by atoms with Gasteiger partial charge < -0.3 is 10.6 Å². The Hall–Kier alpha value is -2.95. The lowest BCUT2D eigenvalue weighted by atomic mass is 10.1. The van der Waals surface area contributed by atoms with Gasteiger partial charge in [0.1, 0.15) is 11.9 Å². The minimum absolute atomic E-state index is 0.193. The van der Waals surface area contributed by atoms with Crippen LogP contribution in [-0.2, 0) is 4.79 Å². The number of carbonyl (C=O) groups is 1. The summed E-state index contributed by atoms with van der Waals surface area (Å²) in [6.07, 6.45) is 1.72. The maximum absolute atomic E-state index is 13.5. The highest BCUT2D eigenvalue weighted by Crippen LogP contribution is 2.35. The van der Waals surface area contributed by atoms with Crippen molar-refractivity contribution < 1.29 is 9.18 Å². The molecule has 2 N–H and O–H groups in total. The lowest BCUT2D eigenvalue weighted by molar-refractivity contribution is -0.116. The van der Waals surface area contributed by atoms with E-state index in [2.05, 4.69) is 15.6 Å². The van der Waals surface area contributed by atoms with Crippen molar-refractivity contribution in [2.24, 2.45) is 0 Å². The Kier molecular flexibility index (Phi) is 2.79. The van der Waals surface area contributed by atoms with Crippen LogP contribution in [0.5, 0.6) is 0 Å². The van der Waals surface area contributed by atoms with Crippen molar-refractivity contribution in [1.82, 2.24) is 4.98 Å². The largest absolute Gasteiger partial charge is 0.369 e. The zero-order valence-electron chi connectivity index (χ0n) is 11.5. The summed E-state index contributed by atoms with van der Waals surface area (Å²) in [5, 5.41) is 6.88. The third-order valence-corrected chi connectivity index (χ3v) is 3.79. The van der Waals surface area contributed by atoms with Crippen LogP contribution in [0.4, 0.5) is 15.8 Å². The van der Waals surface area contributed by atoms with Crippen LogP contribution in [0.2, 0.25) is 0 Å². The topological polar surface area (TPSA) is 54.0 Å². The molecule has 0 bridgehead atoms. The summed E-state index contributed by atoms with van der Waals surface area (Å²) in [5.74, 6) is -0.553. The Balaban J connectivity index is 1.78. The van der Waals surface area contributed by atoms with Crippen molar-refractivity contribution in [3.63, 3.8) is 0 Å². The highest BCUT2D eigenvalue weighted by atomic mass is 19.1. The van der Waals surface area contributed by atoms with Gasteiger partial charge in [0.2, 0.25) is 0 Å². The molecule has 2 heterocycles. The normalized spacial score (nSPS) is 16.4. The quantitative estimate of drug-likeness (QED) is 0.760. The summed E-state index contributed by atoms with van der Waals surface area (Å²) in [6.45, 7) is 0. The van der Waals surface area contributed by atoms with E-state index in [9.17, 15) is 9.18 Å². The molecule has 2 aromatic carbocycles. The molecule has 1 aromatic heterocycles. The third-order valence-electron chi connectivity index (χ3n) is 3.79. The van der Waals surface area contributed by atoms with Crippen molar-refractivity contribution >= 4 is 28.2 Å². The summed E-state index contributed by atoms with van der Waals surface area (Å²) in [7, 11) is 0. The van der Waals surface area contributed by atoms with Gasteiger partial charge in [-0.2, -0.15) is 0 Å². The van der Waals surface area contributed by atoms with Gasteiger partial charge in [-0.05, 0) is 42.5 Å². The molecule has 0 radical (unpaired) electrons. The molecule has 108 valence electrons. The second kappa shape index (κ2) is 4.80. The van der Waals surface area contributed by atoms with Crippen LogP contribution in [0.25, 0.3) is 10.9 Å². The number of benzene rings is 2. The van der Waals surface area contributed by atoms with Gasteiger partial charge in [-0.15, -0.1) is 0 Å². The van der Waals surface area contributed by atoms with Crippen LogP contribution < -0.4 is 10.6 Å². The molecule has 0 saturated carbocycles. The van der Waals surface area contributed by atoms with Gasteiger partial charge in [-0.1, -0.05) is 6.07 Å². The van der Waals surface area contributed by atoms with Crippen LogP contribution in [0.3, 0.4) is 0 Å². The molecule has 1 aliphatic heterocycles. The molecule has 1 aliphatic rings. The van der Waals surface area contributed by atoms with Crippen LogP contribution >= 0.6 is 0 Å². The van der Waals surface area contributed by atoms with E-state index in [1.807, 2.05) is 30.3 Å².